The Morgan fingerprint density at radius 1 is 1.16 bits per heavy atom. The van der Waals surface area contributed by atoms with Crippen molar-refractivity contribution < 1.29 is 18.0 Å². The first-order valence-electron chi connectivity index (χ1n) is 12.1. The zero-order valence-electron chi connectivity index (χ0n) is 20.8. The first kappa shape index (κ1) is 26.8. The number of nitrogens with zero attached hydrogens (tertiary/aromatic N) is 3. The van der Waals surface area contributed by atoms with E-state index in [0.717, 1.165) is 24.2 Å². The van der Waals surface area contributed by atoms with E-state index in [4.69, 9.17) is 11.6 Å². The van der Waals surface area contributed by atoms with Gasteiger partial charge in [-0.15, -0.1) is 0 Å². The van der Waals surface area contributed by atoms with Gasteiger partial charge in [0.15, 0.2) is 0 Å². The van der Waals surface area contributed by atoms with Gasteiger partial charge >= 0.3 is 0 Å². The van der Waals surface area contributed by atoms with Gasteiger partial charge in [-0.2, -0.15) is 9.40 Å². The predicted molar refractivity (Wildman–Crippen MR) is 140 cm³/mol. The van der Waals surface area contributed by atoms with Gasteiger partial charge in [0.2, 0.25) is 15.9 Å². The molecule has 2 heterocycles. The zero-order chi connectivity index (χ0) is 26.6. The summed E-state index contributed by atoms with van der Waals surface area (Å²) < 4.78 is 30.3. The number of carbonyl (C=O) groups excluding carboxylic acids is 2. The molecule has 0 saturated carbocycles. The molecular weight excluding hydrogens is 514 g/mol. The van der Waals surface area contributed by atoms with E-state index in [0.29, 0.717) is 35.7 Å². The number of amides is 2. The highest BCUT2D eigenvalue weighted by Gasteiger charge is 2.36. The third-order valence-corrected chi connectivity index (χ3v) is 8.54. The molecule has 0 aliphatic carbocycles. The third-order valence-electron chi connectivity index (χ3n) is 6.42. The van der Waals surface area contributed by atoms with Crippen LogP contribution in [0.25, 0.3) is 0 Å². The van der Waals surface area contributed by atoms with Crippen molar-refractivity contribution in [1.82, 2.24) is 24.7 Å². The number of hydrogen-bond acceptors (Lipinski definition) is 5. The molecule has 11 heteroatoms. The molecule has 3 aromatic rings. The fourth-order valence-corrected chi connectivity index (χ4v) is 5.97. The van der Waals surface area contributed by atoms with Crippen molar-refractivity contribution in [1.29, 1.82) is 0 Å². The Bertz CT molecular complexity index is 1350. The third kappa shape index (κ3) is 6.38. The fraction of sp³-hybridized carbons (Fsp3) is 0.346. The SMILES string of the molecule is Cc1cc(CNC(=O)c2ccc(CN([C@@H]3CCCCNC3=O)S(=O)(=O)c3ccc(Cl)cc3)cc2)nn1C. The maximum atomic E-state index is 13.7. The molecular formula is C26H30ClN5O4S. The van der Waals surface area contributed by atoms with Crippen molar-refractivity contribution in [3.63, 3.8) is 0 Å². The quantitative estimate of drug-likeness (QED) is 0.453. The Kier molecular flexibility index (Phi) is 8.31. The number of sulfonamides is 1. The number of carbonyl (C=O) groups is 2. The lowest BCUT2D eigenvalue weighted by Gasteiger charge is -2.29. The number of rotatable bonds is 8. The van der Waals surface area contributed by atoms with Crippen LogP contribution in [0.5, 0.6) is 0 Å². The first-order chi connectivity index (χ1) is 17.6. The first-order valence-corrected chi connectivity index (χ1v) is 13.9. The van der Waals surface area contributed by atoms with Crippen molar-refractivity contribution >= 4 is 33.4 Å². The van der Waals surface area contributed by atoms with Crippen LogP contribution in [0.1, 0.15) is 46.6 Å². The molecule has 196 valence electrons. The summed E-state index contributed by atoms with van der Waals surface area (Å²) in [6.45, 7) is 2.74. The van der Waals surface area contributed by atoms with Gasteiger partial charge in [-0.1, -0.05) is 23.7 Å². The molecule has 0 spiro atoms. The van der Waals surface area contributed by atoms with E-state index in [1.165, 1.54) is 28.6 Å². The van der Waals surface area contributed by atoms with Crippen LogP contribution in [0.4, 0.5) is 0 Å². The van der Waals surface area contributed by atoms with Gasteiger partial charge in [0, 0.05) is 36.4 Å². The van der Waals surface area contributed by atoms with Crippen LogP contribution in [-0.2, 0) is 35.0 Å². The second kappa shape index (κ2) is 11.5. The molecule has 0 bridgehead atoms. The molecule has 0 unspecified atom stereocenters. The zero-order valence-corrected chi connectivity index (χ0v) is 22.3. The normalized spacial score (nSPS) is 16.3. The molecule has 2 amide bonds. The van der Waals surface area contributed by atoms with Crippen LogP contribution in [-0.4, -0.2) is 46.9 Å². The molecule has 37 heavy (non-hydrogen) atoms. The summed E-state index contributed by atoms with van der Waals surface area (Å²) in [5, 5.41) is 10.4. The van der Waals surface area contributed by atoms with E-state index >= 15 is 0 Å². The van der Waals surface area contributed by atoms with E-state index < -0.39 is 16.1 Å². The standard InChI is InChI=1S/C26H30ClN5O4S/c1-18-15-22(30-31(18)2)16-29-25(33)20-8-6-19(7-9-20)17-32(24-5-3-4-14-28-26(24)34)37(35,36)23-12-10-21(27)11-13-23/h6-13,15,24H,3-5,14,16-17H2,1-2H3,(H,28,34)(H,29,33)/t24-/m1/s1. The van der Waals surface area contributed by atoms with E-state index in [2.05, 4.69) is 15.7 Å². The van der Waals surface area contributed by atoms with Crippen LogP contribution in [0.15, 0.2) is 59.5 Å². The number of aromatic nitrogens is 2. The molecule has 1 fully saturated rings. The highest BCUT2D eigenvalue weighted by molar-refractivity contribution is 7.89. The summed E-state index contributed by atoms with van der Waals surface area (Å²) in [7, 11) is -2.16. The highest BCUT2D eigenvalue weighted by atomic mass is 35.5. The number of nitrogens with one attached hydrogen (secondary N) is 2. The topological polar surface area (TPSA) is 113 Å². The van der Waals surface area contributed by atoms with Gasteiger partial charge in [-0.3, -0.25) is 14.3 Å². The summed E-state index contributed by atoms with van der Waals surface area (Å²) in [5.74, 6) is -0.570. The average Bonchev–Trinajstić information content (AvgIpc) is 3.06. The minimum absolute atomic E-state index is 0.0157. The Hall–Kier alpha value is -3.21. The Morgan fingerprint density at radius 2 is 1.86 bits per heavy atom. The van der Waals surface area contributed by atoms with Crippen molar-refractivity contribution in [3.8, 4) is 0 Å². The maximum Gasteiger partial charge on any atom is 0.251 e. The molecule has 2 aromatic carbocycles. The molecule has 1 aliphatic rings. The number of benzene rings is 2. The molecule has 1 atom stereocenters. The lowest BCUT2D eigenvalue weighted by Crippen LogP contribution is -2.48. The summed E-state index contributed by atoms with van der Waals surface area (Å²) in [6.07, 6.45) is 1.94. The Labute approximate surface area is 221 Å². The van der Waals surface area contributed by atoms with Crippen LogP contribution in [0, 0.1) is 6.92 Å². The van der Waals surface area contributed by atoms with E-state index in [9.17, 15) is 18.0 Å². The van der Waals surface area contributed by atoms with Crippen LogP contribution < -0.4 is 10.6 Å². The lowest BCUT2D eigenvalue weighted by molar-refractivity contribution is -0.124. The van der Waals surface area contributed by atoms with Gasteiger partial charge in [0.25, 0.3) is 5.91 Å². The monoisotopic (exact) mass is 543 g/mol. The predicted octanol–water partition coefficient (Wildman–Crippen LogP) is 3.17. The Balaban J connectivity index is 1.54. The fourth-order valence-electron chi connectivity index (χ4n) is 4.24. The molecule has 9 nitrogen and oxygen atoms in total. The van der Waals surface area contributed by atoms with Gasteiger partial charge in [-0.05, 0) is 74.2 Å². The van der Waals surface area contributed by atoms with Crippen molar-refractivity contribution in [2.24, 2.45) is 7.05 Å². The van der Waals surface area contributed by atoms with Gasteiger partial charge < -0.3 is 10.6 Å². The van der Waals surface area contributed by atoms with Gasteiger partial charge in [0.1, 0.15) is 6.04 Å². The number of aryl methyl sites for hydroxylation is 2. The highest BCUT2D eigenvalue weighted by Crippen LogP contribution is 2.26. The second-order valence-electron chi connectivity index (χ2n) is 9.09. The van der Waals surface area contributed by atoms with E-state index in [1.54, 1.807) is 28.9 Å². The summed E-state index contributed by atoms with van der Waals surface area (Å²) in [5.41, 5.74) is 2.85. The molecule has 1 saturated heterocycles. The van der Waals surface area contributed by atoms with Crippen molar-refractivity contribution in [3.05, 3.63) is 82.1 Å². The van der Waals surface area contributed by atoms with Gasteiger partial charge in [-0.25, -0.2) is 8.42 Å². The average molecular weight is 544 g/mol. The smallest absolute Gasteiger partial charge is 0.251 e. The summed E-state index contributed by atoms with van der Waals surface area (Å²) >= 11 is 5.96. The minimum Gasteiger partial charge on any atom is -0.355 e. The van der Waals surface area contributed by atoms with Gasteiger partial charge in [0.05, 0.1) is 17.1 Å². The number of halogens is 1. The van der Waals surface area contributed by atoms with E-state index in [-0.39, 0.29) is 23.3 Å². The molecule has 1 aliphatic heterocycles. The Morgan fingerprint density at radius 3 is 2.51 bits per heavy atom. The van der Waals surface area contributed by atoms with Crippen LogP contribution in [0.3, 0.4) is 0 Å². The minimum atomic E-state index is -4.01. The van der Waals surface area contributed by atoms with Crippen molar-refractivity contribution in [2.45, 2.75) is 50.2 Å². The van der Waals surface area contributed by atoms with E-state index in [1.807, 2.05) is 20.0 Å². The molecule has 2 N–H and O–H groups in total. The molecule has 0 radical (unpaired) electrons. The van der Waals surface area contributed by atoms with Crippen molar-refractivity contribution in [2.75, 3.05) is 6.54 Å². The molecule has 1 aromatic heterocycles. The lowest BCUT2D eigenvalue weighted by atomic mass is 10.1. The summed E-state index contributed by atoms with van der Waals surface area (Å²) in [6, 6.07) is 13.7. The van der Waals surface area contributed by atoms with Crippen LogP contribution >= 0.6 is 11.6 Å². The van der Waals surface area contributed by atoms with Crippen LogP contribution in [0.2, 0.25) is 5.02 Å². The number of hydrogen-bond donors (Lipinski definition) is 2. The summed E-state index contributed by atoms with van der Waals surface area (Å²) in [4.78, 5) is 25.5. The largest absolute Gasteiger partial charge is 0.355 e. The molecule has 4 rings (SSSR count). The maximum absolute atomic E-state index is 13.7. The second-order valence-corrected chi connectivity index (χ2v) is 11.4.